The number of aromatic nitrogens is 1. The van der Waals surface area contributed by atoms with Crippen LogP contribution in [0.1, 0.15) is 42.6 Å². The molecule has 0 aliphatic rings. The highest BCUT2D eigenvalue weighted by molar-refractivity contribution is 5.28. The Morgan fingerprint density at radius 2 is 1.78 bits per heavy atom. The maximum Gasteiger partial charge on any atom is 0.0315 e. The lowest BCUT2D eigenvalue weighted by molar-refractivity contribution is 0.492. The van der Waals surface area contributed by atoms with E-state index in [1.807, 2.05) is 12.3 Å². The van der Waals surface area contributed by atoms with Crippen molar-refractivity contribution in [3.05, 3.63) is 65.5 Å². The second-order valence-corrected chi connectivity index (χ2v) is 4.75. The lowest BCUT2D eigenvalue weighted by atomic mass is 10.0. The zero-order valence-corrected chi connectivity index (χ0v) is 11.2. The van der Waals surface area contributed by atoms with Crippen LogP contribution in [0.4, 0.5) is 0 Å². The van der Waals surface area contributed by atoms with E-state index in [-0.39, 0.29) is 0 Å². The van der Waals surface area contributed by atoms with Gasteiger partial charge in [-0.2, -0.15) is 0 Å². The van der Waals surface area contributed by atoms with E-state index in [1.165, 1.54) is 16.7 Å². The van der Waals surface area contributed by atoms with Crippen LogP contribution < -0.4 is 5.32 Å². The average Bonchev–Trinajstić information content (AvgIpc) is 2.40. The molecule has 0 saturated heterocycles. The fourth-order valence-electron chi connectivity index (χ4n) is 2.27. The van der Waals surface area contributed by atoms with Crippen LogP contribution >= 0.6 is 0 Å². The van der Waals surface area contributed by atoms with Crippen molar-refractivity contribution in [2.24, 2.45) is 0 Å². The summed E-state index contributed by atoms with van der Waals surface area (Å²) >= 11 is 0. The third kappa shape index (κ3) is 2.96. The molecule has 0 aliphatic carbocycles. The van der Waals surface area contributed by atoms with Gasteiger partial charge in [0.2, 0.25) is 0 Å². The van der Waals surface area contributed by atoms with Gasteiger partial charge in [0.05, 0.1) is 0 Å². The Balaban J connectivity index is 2.08. The number of nitrogens with one attached hydrogen (secondary N) is 1. The Morgan fingerprint density at radius 1 is 1.00 bits per heavy atom. The molecule has 0 aliphatic heterocycles. The van der Waals surface area contributed by atoms with E-state index < -0.39 is 0 Å². The highest BCUT2D eigenvalue weighted by Gasteiger charge is 2.12. The summed E-state index contributed by atoms with van der Waals surface area (Å²) in [6, 6.07) is 13.2. The van der Waals surface area contributed by atoms with E-state index >= 15 is 0 Å². The van der Waals surface area contributed by atoms with E-state index in [1.54, 1.807) is 6.20 Å². The molecule has 2 nitrogen and oxygen atoms in total. The first-order valence-corrected chi connectivity index (χ1v) is 6.40. The summed E-state index contributed by atoms with van der Waals surface area (Å²) in [5.41, 5.74) is 3.90. The number of pyridine rings is 1. The van der Waals surface area contributed by atoms with E-state index in [4.69, 9.17) is 0 Å². The summed E-state index contributed by atoms with van der Waals surface area (Å²) in [6.07, 6.45) is 3.73. The van der Waals surface area contributed by atoms with Crippen LogP contribution in [0, 0.1) is 6.92 Å². The second-order valence-electron chi connectivity index (χ2n) is 4.75. The highest BCUT2D eigenvalue weighted by Crippen LogP contribution is 2.21. The van der Waals surface area contributed by atoms with Gasteiger partial charge in [0.15, 0.2) is 0 Å². The van der Waals surface area contributed by atoms with Crippen molar-refractivity contribution >= 4 is 0 Å². The first kappa shape index (κ1) is 12.8. The van der Waals surface area contributed by atoms with Crippen molar-refractivity contribution < 1.29 is 0 Å². The molecule has 0 fully saturated rings. The lowest BCUT2D eigenvalue weighted by Crippen LogP contribution is -2.23. The molecule has 0 radical (unpaired) electrons. The average molecular weight is 240 g/mol. The predicted molar refractivity (Wildman–Crippen MR) is 75.4 cm³/mol. The van der Waals surface area contributed by atoms with Gasteiger partial charge in [-0.3, -0.25) is 4.98 Å². The van der Waals surface area contributed by atoms with Gasteiger partial charge in [-0.1, -0.05) is 30.3 Å². The molecule has 2 rings (SSSR count). The molecule has 1 aromatic carbocycles. The van der Waals surface area contributed by atoms with Crippen molar-refractivity contribution in [3.63, 3.8) is 0 Å². The molecule has 1 heterocycles. The highest BCUT2D eigenvalue weighted by atomic mass is 14.9. The van der Waals surface area contributed by atoms with Crippen LogP contribution in [0.15, 0.2) is 48.8 Å². The van der Waals surface area contributed by atoms with Gasteiger partial charge >= 0.3 is 0 Å². The Labute approximate surface area is 109 Å². The number of aryl methyl sites for hydroxylation is 1. The lowest BCUT2D eigenvalue weighted by Gasteiger charge is -2.21. The van der Waals surface area contributed by atoms with E-state index in [9.17, 15) is 0 Å². The SMILES string of the molecule is Cc1ccccc1C(C)N[C@H](C)c1cccnc1. The molecule has 1 N–H and O–H groups in total. The number of hydrogen-bond donors (Lipinski definition) is 1. The molecular formula is C16H20N2. The van der Waals surface area contributed by atoms with Gasteiger partial charge < -0.3 is 5.32 Å². The third-order valence-electron chi connectivity index (χ3n) is 3.34. The topological polar surface area (TPSA) is 24.9 Å². The summed E-state index contributed by atoms with van der Waals surface area (Å²) in [6.45, 7) is 6.53. The quantitative estimate of drug-likeness (QED) is 0.879. The van der Waals surface area contributed by atoms with Crippen LogP contribution in [0.25, 0.3) is 0 Å². The Hall–Kier alpha value is -1.67. The van der Waals surface area contributed by atoms with Crippen molar-refractivity contribution in [2.75, 3.05) is 0 Å². The monoisotopic (exact) mass is 240 g/mol. The summed E-state index contributed by atoms with van der Waals surface area (Å²) in [5.74, 6) is 0. The van der Waals surface area contributed by atoms with E-state index in [0.29, 0.717) is 12.1 Å². The standard InChI is InChI=1S/C16H20N2/c1-12-7-4-5-9-16(12)14(3)18-13(2)15-8-6-10-17-11-15/h4-11,13-14,18H,1-3H3/t13-,14?/m1/s1. The molecule has 1 unspecified atom stereocenters. The van der Waals surface area contributed by atoms with Crippen molar-refractivity contribution in [3.8, 4) is 0 Å². The summed E-state index contributed by atoms with van der Waals surface area (Å²) < 4.78 is 0. The maximum atomic E-state index is 4.16. The largest absolute Gasteiger partial charge is 0.304 e. The van der Waals surface area contributed by atoms with Gasteiger partial charge in [-0.15, -0.1) is 0 Å². The van der Waals surface area contributed by atoms with Crippen LogP contribution in [0.5, 0.6) is 0 Å². The molecule has 2 heteroatoms. The summed E-state index contributed by atoms with van der Waals surface area (Å²) in [7, 11) is 0. The number of hydrogen-bond acceptors (Lipinski definition) is 2. The molecule has 1 aromatic heterocycles. The Bertz CT molecular complexity index is 493. The smallest absolute Gasteiger partial charge is 0.0315 e. The van der Waals surface area contributed by atoms with Crippen LogP contribution in [-0.2, 0) is 0 Å². The zero-order chi connectivity index (χ0) is 13.0. The minimum Gasteiger partial charge on any atom is -0.304 e. The number of rotatable bonds is 4. The van der Waals surface area contributed by atoms with Crippen molar-refractivity contribution in [2.45, 2.75) is 32.9 Å². The molecule has 0 spiro atoms. The van der Waals surface area contributed by atoms with Crippen LogP contribution in [-0.4, -0.2) is 4.98 Å². The molecule has 0 bridgehead atoms. The molecule has 94 valence electrons. The Morgan fingerprint density at radius 3 is 2.44 bits per heavy atom. The minimum absolute atomic E-state index is 0.299. The van der Waals surface area contributed by atoms with Gasteiger partial charge in [-0.25, -0.2) is 0 Å². The first-order valence-electron chi connectivity index (χ1n) is 6.40. The van der Waals surface area contributed by atoms with Gasteiger partial charge in [0.1, 0.15) is 0 Å². The molecule has 0 saturated carbocycles. The molecule has 0 amide bonds. The number of benzene rings is 1. The van der Waals surface area contributed by atoms with Crippen molar-refractivity contribution in [1.29, 1.82) is 0 Å². The first-order chi connectivity index (χ1) is 8.68. The minimum atomic E-state index is 0.299. The van der Waals surface area contributed by atoms with Crippen LogP contribution in [0.2, 0.25) is 0 Å². The van der Waals surface area contributed by atoms with Gasteiger partial charge in [-0.05, 0) is 43.5 Å². The maximum absolute atomic E-state index is 4.16. The summed E-state index contributed by atoms with van der Waals surface area (Å²) in [5, 5.41) is 3.61. The molecular weight excluding hydrogens is 220 g/mol. The number of nitrogens with zero attached hydrogens (tertiary/aromatic N) is 1. The van der Waals surface area contributed by atoms with E-state index in [0.717, 1.165) is 0 Å². The van der Waals surface area contributed by atoms with Gasteiger partial charge in [0, 0.05) is 24.5 Å². The van der Waals surface area contributed by atoms with Crippen molar-refractivity contribution in [1.82, 2.24) is 10.3 Å². The van der Waals surface area contributed by atoms with Gasteiger partial charge in [0.25, 0.3) is 0 Å². The predicted octanol–water partition coefficient (Wildman–Crippen LogP) is 3.80. The second kappa shape index (κ2) is 5.78. The Kier molecular flexibility index (Phi) is 4.11. The molecule has 2 atom stereocenters. The third-order valence-corrected chi connectivity index (χ3v) is 3.34. The molecule has 2 aromatic rings. The normalized spacial score (nSPS) is 14.2. The fraction of sp³-hybridized carbons (Fsp3) is 0.312. The van der Waals surface area contributed by atoms with Crippen LogP contribution in [0.3, 0.4) is 0 Å². The zero-order valence-electron chi connectivity index (χ0n) is 11.2. The molecule has 18 heavy (non-hydrogen) atoms. The fourth-order valence-corrected chi connectivity index (χ4v) is 2.27. The van der Waals surface area contributed by atoms with E-state index in [2.05, 4.69) is 61.4 Å². The summed E-state index contributed by atoms with van der Waals surface area (Å²) in [4.78, 5) is 4.16.